The summed E-state index contributed by atoms with van der Waals surface area (Å²) in [6, 6.07) is 7.80. The second-order valence-corrected chi connectivity index (χ2v) is 6.64. The maximum atomic E-state index is 12.8. The van der Waals surface area contributed by atoms with Gasteiger partial charge in [0.2, 0.25) is 0 Å². The molecule has 0 heterocycles. The average molecular weight is 294 g/mol. The Labute approximate surface area is 126 Å². The van der Waals surface area contributed by atoms with Crippen LogP contribution in [0.2, 0.25) is 0 Å². The maximum Gasteiger partial charge on any atom is 0.255 e. The molecule has 0 aliphatic carbocycles. The fourth-order valence-electron chi connectivity index (χ4n) is 2.10. The molecule has 0 aliphatic rings. The fraction of sp³-hybridized carbons (Fsp3) is 0.562. The van der Waals surface area contributed by atoms with Crippen LogP contribution in [-0.2, 0) is 0 Å². The molecule has 0 unspecified atom stereocenters. The lowest BCUT2D eigenvalue weighted by Gasteiger charge is -2.32. The predicted molar refractivity (Wildman–Crippen MR) is 87.3 cm³/mol. The summed E-state index contributed by atoms with van der Waals surface area (Å²) >= 11 is 1.61. The third-order valence-corrected chi connectivity index (χ3v) is 4.09. The first-order valence-corrected chi connectivity index (χ1v) is 8.30. The molecule has 0 saturated carbocycles. The number of hydrogen-bond acceptors (Lipinski definition) is 3. The lowest BCUT2D eigenvalue weighted by atomic mass is 9.92. The van der Waals surface area contributed by atoms with Gasteiger partial charge >= 0.3 is 0 Å². The maximum absolute atomic E-state index is 12.8. The molecule has 1 aromatic carbocycles. The molecule has 0 aliphatic heterocycles. The second kappa shape index (κ2) is 7.70. The molecule has 3 nitrogen and oxygen atoms in total. The molecule has 2 N–H and O–H groups in total. The summed E-state index contributed by atoms with van der Waals surface area (Å²) in [5.74, 6) is 0.110. The van der Waals surface area contributed by atoms with Gasteiger partial charge in [0, 0.05) is 18.0 Å². The Morgan fingerprint density at radius 3 is 2.55 bits per heavy atom. The number of nitrogens with zero attached hydrogens (tertiary/aromatic N) is 1. The van der Waals surface area contributed by atoms with Crippen molar-refractivity contribution in [3.63, 3.8) is 0 Å². The Morgan fingerprint density at radius 2 is 2.00 bits per heavy atom. The van der Waals surface area contributed by atoms with E-state index in [9.17, 15) is 4.79 Å². The van der Waals surface area contributed by atoms with E-state index in [4.69, 9.17) is 5.73 Å². The topological polar surface area (TPSA) is 46.3 Å². The van der Waals surface area contributed by atoms with Crippen molar-refractivity contribution in [1.82, 2.24) is 4.90 Å². The van der Waals surface area contributed by atoms with Crippen LogP contribution in [0.25, 0.3) is 0 Å². The third kappa shape index (κ3) is 4.53. The summed E-state index contributed by atoms with van der Waals surface area (Å²) in [7, 11) is 0. The molecule has 0 atom stereocenters. The zero-order valence-electron chi connectivity index (χ0n) is 13.0. The molecule has 112 valence electrons. The highest BCUT2D eigenvalue weighted by molar-refractivity contribution is 7.98. The minimum absolute atomic E-state index is 0.0564. The summed E-state index contributed by atoms with van der Waals surface area (Å²) < 4.78 is 0. The molecular weight excluding hydrogens is 268 g/mol. The zero-order chi connectivity index (χ0) is 15.2. The normalized spacial score (nSPS) is 11.4. The molecule has 20 heavy (non-hydrogen) atoms. The molecule has 1 aromatic rings. The van der Waals surface area contributed by atoms with Gasteiger partial charge in [0.25, 0.3) is 5.91 Å². The van der Waals surface area contributed by atoms with Gasteiger partial charge in [-0.05, 0) is 36.8 Å². The van der Waals surface area contributed by atoms with Gasteiger partial charge < -0.3 is 10.6 Å². The minimum Gasteiger partial charge on any atom is -0.338 e. The number of carbonyl (C=O) groups excluding carboxylic acids is 1. The third-order valence-electron chi connectivity index (χ3n) is 3.29. The van der Waals surface area contributed by atoms with Gasteiger partial charge in [0.15, 0.2) is 0 Å². The molecule has 1 amide bonds. The summed E-state index contributed by atoms with van der Waals surface area (Å²) in [6.07, 6.45) is 2.95. The minimum atomic E-state index is -0.0564. The van der Waals surface area contributed by atoms with Gasteiger partial charge in [-0.3, -0.25) is 4.79 Å². The Balaban J connectivity index is 2.99. The van der Waals surface area contributed by atoms with E-state index in [0.717, 1.165) is 23.4 Å². The highest BCUT2D eigenvalue weighted by Crippen LogP contribution is 2.23. The van der Waals surface area contributed by atoms with E-state index in [2.05, 4.69) is 20.8 Å². The fourth-order valence-corrected chi connectivity index (χ4v) is 2.69. The first-order valence-electron chi connectivity index (χ1n) is 7.07. The number of benzene rings is 1. The Bertz CT molecular complexity index is 446. The summed E-state index contributed by atoms with van der Waals surface area (Å²) in [4.78, 5) is 15.7. The molecule has 0 fully saturated rings. The summed E-state index contributed by atoms with van der Waals surface area (Å²) in [5, 5.41) is 0. The molecule has 0 spiro atoms. The molecule has 0 aromatic heterocycles. The SMILES string of the molecule is CCCN(CC(C)(C)CN)C(=O)c1ccccc1SC. The van der Waals surface area contributed by atoms with Crippen LogP contribution in [0.15, 0.2) is 29.2 Å². The zero-order valence-corrected chi connectivity index (χ0v) is 13.8. The van der Waals surface area contributed by atoms with Gasteiger partial charge in [-0.1, -0.05) is 32.9 Å². The number of hydrogen-bond donors (Lipinski definition) is 1. The van der Waals surface area contributed by atoms with Crippen molar-refractivity contribution in [3.8, 4) is 0 Å². The van der Waals surface area contributed by atoms with Crippen molar-refractivity contribution < 1.29 is 4.79 Å². The highest BCUT2D eigenvalue weighted by atomic mass is 32.2. The first-order chi connectivity index (χ1) is 9.45. The van der Waals surface area contributed by atoms with E-state index in [1.165, 1.54) is 0 Å². The van der Waals surface area contributed by atoms with Crippen LogP contribution in [0.1, 0.15) is 37.6 Å². The molecule has 4 heteroatoms. The monoisotopic (exact) mass is 294 g/mol. The van der Waals surface area contributed by atoms with Crippen LogP contribution >= 0.6 is 11.8 Å². The smallest absolute Gasteiger partial charge is 0.255 e. The molecular formula is C16H26N2OS. The molecule has 0 bridgehead atoms. The van der Waals surface area contributed by atoms with E-state index in [1.54, 1.807) is 11.8 Å². The van der Waals surface area contributed by atoms with Crippen molar-refractivity contribution in [2.75, 3.05) is 25.9 Å². The van der Waals surface area contributed by atoms with E-state index >= 15 is 0 Å². The van der Waals surface area contributed by atoms with E-state index < -0.39 is 0 Å². The quantitative estimate of drug-likeness (QED) is 0.785. The lowest BCUT2D eigenvalue weighted by Crippen LogP contribution is -2.42. The standard InChI is InChI=1S/C16H26N2OS/c1-5-10-18(12-16(2,3)11-17)15(19)13-8-6-7-9-14(13)20-4/h6-9H,5,10-12,17H2,1-4H3. The van der Waals surface area contributed by atoms with Crippen molar-refractivity contribution in [2.24, 2.45) is 11.1 Å². The van der Waals surface area contributed by atoms with Crippen LogP contribution in [0.5, 0.6) is 0 Å². The van der Waals surface area contributed by atoms with Crippen LogP contribution in [-0.4, -0.2) is 36.7 Å². The van der Waals surface area contributed by atoms with Gasteiger partial charge in [0.05, 0.1) is 5.56 Å². The molecule has 0 saturated heterocycles. The van der Waals surface area contributed by atoms with Crippen LogP contribution < -0.4 is 5.73 Å². The van der Waals surface area contributed by atoms with E-state index in [1.807, 2.05) is 35.4 Å². The van der Waals surface area contributed by atoms with Gasteiger partial charge in [0.1, 0.15) is 0 Å². The number of carbonyl (C=O) groups is 1. The van der Waals surface area contributed by atoms with Crippen LogP contribution in [0, 0.1) is 5.41 Å². The number of amides is 1. The lowest BCUT2D eigenvalue weighted by molar-refractivity contribution is 0.0686. The van der Waals surface area contributed by atoms with Gasteiger partial charge in [-0.25, -0.2) is 0 Å². The van der Waals surface area contributed by atoms with Crippen LogP contribution in [0.3, 0.4) is 0 Å². The van der Waals surface area contributed by atoms with E-state index in [-0.39, 0.29) is 11.3 Å². The van der Waals surface area contributed by atoms with Crippen molar-refractivity contribution in [3.05, 3.63) is 29.8 Å². The van der Waals surface area contributed by atoms with Crippen molar-refractivity contribution in [2.45, 2.75) is 32.1 Å². The Morgan fingerprint density at radius 1 is 1.35 bits per heavy atom. The van der Waals surface area contributed by atoms with E-state index in [0.29, 0.717) is 13.1 Å². The predicted octanol–water partition coefficient (Wildman–Crippen LogP) is 3.25. The molecule has 0 radical (unpaired) electrons. The summed E-state index contributed by atoms with van der Waals surface area (Å²) in [6.45, 7) is 8.33. The number of nitrogens with two attached hydrogens (primary N) is 1. The molecule has 1 rings (SSSR count). The Hall–Kier alpha value is -1.00. The number of thioether (sulfide) groups is 1. The highest BCUT2D eigenvalue weighted by Gasteiger charge is 2.25. The van der Waals surface area contributed by atoms with Crippen LogP contribution in [0.4, 0.5) is 0 Å². The van der Waals surface area contributed by atoms with Crippen molar-refractivity contribution in [1.29, 1.82) is 0 Å². The largest absolute Gasteiger partial charge is 0.338 e. The van der Waals surface area contributed by atoms with Crippen molar-refractivity contribution >= 4 is 17.7 Å². The second-order valence-electron chi connectivity index (χ2n) is 5.80. The Kier molecular flexibility index (Phi) is 6.56. The number of rotatable bonds is 7. The summed E-state index contributed by atoms with van der Waals surface area (Å²) in [5.41, 5.74) is 6.54. The van der Waals surface area contributed by atoms with Gasteiger partial charge in [-0.2, -0.15) is 0 Å². The van der Waals surface area contributed by atoms with Gasteiger partial charge in [-0.15, -0.1) is 11.8 Å². The first kappa shape index (κ1) is 17.1. The average Bonchev–Trinajstić information content (AvgIpc) is 2.46.